The van der Waals surface area contributed by atoms with E-state index in [0.29, 0.717) is 20.6 Å². The van der Waals surface area contributed by atoms with Crippen LogP contribution in [0.2, 0.25) is 0 Å². The molecule has 0 aliphatic carbocycles. The van der Waals surface area contributed by atoms with Gasteiger partial charge in [0.1, 0.15) is 0 Å². The molecule has 4 rings (SSSR count). The molecule has 0 bridgehead atoms. The molecule has 166 valence electrons. The average Bonchev–Trinajstić information content (AvgIpc) is 3.13. The van der Waals surface area contributed by atoms with E-state index in [1.807, 2.05) is 85.0 Å². The van der Waals surface area contributed by atoms with E-state index in [0.717, 1.165) is 11.1 Å². The highest BCUT2D eigenvalue weighted by atomic mass is 32.1. The molecule has 0 saturated carbocycles. The summed E-state index contributed by atoms with van der Waals surface area (Å²) in [5.74, 6) is -0.459. The van der Waals surface area contributed by atoms with Crippen molar-refractivity contribution in [3.8, 4) is 0 Å². The fourth-order valence-corrected chi connectivity index (χ4v) is 4.61. The number of carbonyl (C=O) groups excluding carboxylic acids is 1. The van der Waals surface area contributed by atoms with Gasteiger partial charge in [0.2, 0.25) is 0 Å². The van der Waals surface area contributed by atoms with Gasteiger partial charge in [-0.3, -0.25) is 9.36 Å². The summed E-state index contributed by atoms with van der Waals surface area (Å²) in [7, 11) is 0. The van der Waals surface area contributed by atoms with Crippen LogP contribution in [0, 0.1) is 0 Å². The number of esters is 1. The van der Waals surface area contributed by atoms with Gasteiger partial charge in [-0.25, -0.2) is 9.79 Å². The molecular formula is C27H24N2O3S. The van der Waals surface area contributed by atoms with Gasteiger partial charge < -0.3 is 4.74 Å². The Kier molecular flexibility index (Phi) is 6.95. The van der Waals surface area contributed by atoms with E-state index < -0.39 is 12.0 Å². The molecule has 1 atom stereocenters. The maximum atomic E-state index is 13.4. The summed E-state index contributed by atoms with van der Waals surface area (Å²) in [6, 6.07) is 19.0. The molecule has 6 heteroatoms. The number of ether oxygens (including phenoxy) is 1. The molecule has 1 aliphatic rings. The first-order chi connectivity index (χ1) is 16.1. The fourth-order valence-electron chi connectivity index (χ4n) is 3.61. The Labute approximate surface area is 196 Å². The third-order valence-electron chi connectivity index (χ3n) is 5.17. The minimum atomic E-state index is -0.597. The Morgan fingerprint density at radius 3 is 2.33 bits per heavy atom. The Morgan fingerprint density at radius 2 is 1.70 bits per heavy atom. The van der Waals surface area contributed by atoms with Gasteiger partial charge in [-0.1, -0.05) is 96.3 Å². The molecule has 3 aromatic rings. The lowest BCUT2D eigenvalue weighted by molar-refractivity contribution is -0.139. The molecule has 0 unspecified atom stereocenters. The van der Waals surface area contributed by atoms with Gasteiger partial charge in [0.25, 0.3) is 5.56 Å². The smallest absolute Gasteiger partial charge is 0.338 e. The number of allylic oxidation sites excluding steroid dienone is 3. The number of nitrogens with zero attached hydrogens (tertiary/aromatic N) is 2. The minimum Gasteiger partial charge on any atom is -0.463 e. The molecular weight excluding hydrogens is 432 g/mol. The second-order valence-corrected chi connectivity index (χ2v) is 8.42. The van der Waals surface area contributed by atoms with Crippen molar-refractivity contribution in [2.75, 3.05) is 6.61 Å². The molecule has 0 saturated heterocycles. The van der Waals surface area contributed by atoms with Crippen LogP contribution in [0.5, 0.6) is 0 Å². The monoisotopic (exact) mass is 456 g/mol. The minimum absolute atomic E-state index is 0.187. The van der Waals surface area contributed by atoms with Gasteiger partial charge in [0.15, 0.2) is 4.80 Å². The van der Waals surface area contributed by atoms with Gasteiger partial charge in [-0.15, -0.1) is 0 Å². The van der Waals surface area contributed by atoms with E-state index >= 15 is 0 Å². The lowest BCUT2D eigenvalue weighted by atomic mass is 10.0. The standard InChI is InChI=1S/C27H24N2O3S/c1-3-32-26(31)24-19(2)28-27-29(22(24)18-17-21-13-8-5-9-14-21)25(30)23(33-27)16-10-15-20-11-6-4-7-12-20/h4-18,22H,3H2,1-2H3/b15-10+,18-17+,23-16-/t22-/m0/s1. The van der Waals surface area contributed by atoms with Crippen LogP contribution in [0.3, 0.4) is 0 Å². The highest BCUT2D eigenvalue weighted by Crippen LogP contribution is 2.26. The van der Waals surface area contributed by atoms with Gasteiger partial charge in [-0.05, 0) is 31.1 Å². The summed E-state index contributed by atoms with van der Waals surface area (Å²) in [5, 5.41) is 0. The van der Waals surface area contributed by atoms with Gasteiger partial charge in [-0.2, -0.15) is 0 Å². The number of thiazole rings is 1. The third kappa shape index (κ3) is 5.02. The van der Waals surface area contributed by atoms with Crippen LogP contribution in [-0.2, 0) is 9.53 Å². The zero-order valence-corrected chi connectivity index (χ0v) is 19.3. The summed E-state index contributed by atoms with van der Waals surface area (Å²) in [6.45, 7) is 3.79. The van der Waals surface area contributed by atoms with Gasteiger partial charge in [0, 0.05) is 0 Å². The molecule has 2 heterocycles. The molecule has 0 fully saturated rings. The van der Waals surface area contributed by atoms with E-state index in [4.69, 9.17) is 4.74 Å². The summed E-state index contributed by atoms with van der Waals surface area (Å²) < 4.78 is 7.42. The molecule has 0 spiro atoms. The van der Waals surface area contributed by atoms with Crippen LogP contribution < -0.4 is 14.9 Å². The Hall–Kier alpha value is -3.77. The highest BCUT2D eigenvalue weighted by Gasteiger charge is 2.30. The molecule has 5 nitrogen and oxygen atoms in total. The maximum Gasteiger partial charge on any atom is 0.338 e. The lowest BCUT2D eigenvalue weighted by Crippen LogP contribution is -2.38. The largest absolute Gasteiger partial charge is 0.463 e. The topological polar surface area (TPSA) is 60.7 Å². The number of hydrogen-bond acceptors (Lipinski definition) is 5. The van der Waals surface area contributed by atoms with E-state index in [9.17, 15) is 9.59 Å². The van der Waals surface area contributed by atoms with Gasteiger partial charge >= 0.3 is 5.97 Å². The van der Waals surface area contributed by atoms with E-state index in [2.05, 4.69) is 4.99 Å². The van der Waals surface area contributed by atoms with E-state index in [1.54, 1.807) is 24.5 Å². The SMILES string of the molecule is CCOC(=O)C1=C(C)N=c2s/c(=C\C=C\c3ccccc3)c(=O)n2[C@H]1/C=C/c1ccccc1. The summed E-state index contributed by atoms with van der Waals surface area (Å²) >= 11 is 1.31. The molecule has 1 aliphatic heterocycles. The van der Waals surface area contributed by atoms with Crippen LogP contribution in [0.15, 0.2) is 93.9 Å². The Balaban J connectivity index is 1.79. The molecule has 0 N–H and O–H groups in total. The Morgan fingerprint density at radius 1 is 1.06 bits per heavy atom. The quantitative estimate of drug-likeness (QED) is 0.524. The van der Waals surface area contributed by atoms with E-state index in [1.165, 1.54) is 11.3 Å². The number of benzene rings is 2. The van der Waals surface area contributed by atoms with Crippen LogP contribution in [-0.4, -0.2) is 17.1 Å². The highest BCUT2D eigenvalue weighted by molar-refractivity contribution is 7.07. The summed E-state index contributed by atoms with van der Waals surface area (Å²) in [6.07, 6.45) is 9.37. The van der Waals surface area contributed by atoms with E-state index in [-0.39, 0.29) is 12.2 Å². The number of rotatable bonds is 6. The predicted octanol–water partition coefficient (Wildman–Crippen LogP) is 4.13. The first-order valence-electron chi connectivity index (χ1n) is 10.7. The Bertz CT molecular complexity index is 1410. The van der Waals surface area contributed by atoms with Crippen molar-refractivity contribution < 1.29 is 9.53 Å². The number of carbonyl (C=O) groups is 1. The molecule has 2 aromatic carbocycles. The second-order valence-electron chi connectivity index (χ2n) is 7.41. The zero-order valence-electron chi connectivity index (χ0n) is 18.5. The molecule has 33 heavy (non-hydrogen) atoms. The van der Waals surface area contributed by atoms with Crippen molar-refractivity contribution in [3.63, 3.8) is 0 Å². The number of aromatic nitrogens is 1. The van der Waals surface area contributed by atoms with Crippen LogP contribution in [0.25, 0.3) is 18.2 Å². The lowest BCUT2D eigenvalue weighted by Gasteiger charge is -2.21. The molecule has 0 radical (unpaired) electrons. The predicted molar refractivity (Wildman–Crippen MR) is 133 cm³/mol. The first kappa shape index (κ1) is 22.4. The number of fused-ring (bicyclic) bond motifs is 1. The van der Waals surface area contributed by atoms with Crippen LogP contribution >= 0.6 is 11.3 Å². The van der Waals surface area contributed by atoms with Crippen molar-refractivity contribution in [1.82, 2.24) is 4.57 Å². The van der Waals surface area contributed by atoms with Crippen molar-refractivity contribution in [2.24, 2.45) is 4.99 Å². The molecule has 0 amide bonds. The third-order valence-corrected chi connectivity index (χ3v) is 6.17. The normalized spacial score (nSPS) is 16.3. The zero-order chi connectivity index (χ0) is 23.2. The average molecular weight is 457 g/mol. The van der Waals surface area contributed by atoms with Gasteiger partial charge in [0.05, 0.1) is 28.5 Å². The second kappa shape index (κ2) is 10.2. The summed E-state index contributed by atoms with van der Waals surface area (Å²) in [5.41, 5.74) is 2.77. The maximum absolute atomic E-state index is 13.4. The van der Waals surface area contributed by atoms with Crippen LogP contribution in [0.1, 0.15) is 31.0 Å². The van der Waals surface area contributed by atoms with Crippen molar-refractivity contribution >= 4 is 35.5 Å². The van der Waals surface area contributed by atoms with Crippen molar-refractivity contribution in [1.29, 1.82) is 0 Å². The van der Waals surface area contributed by atoms with Crippen molar-refractivity contribution in [2.45, 2.75) is 19.9 Å². The van der Waals surface area contributed by atoms with Crippen molar-refractivity contribution in [3.05, 3.63) is 115 Å². The number of hydrogen-bond donors (Lipinski definition) is 0. The first-order valence-corrected chi connectivity index (χ1v) is 11.5. The van der Waals surface area contributed by atoms with Crippen LogP contribution in [0.4, 0.5) is 0 Å². The molecule has 1 aromatic heterocycles. The summed E-state index contributed by atoms with van der Waals surface area (Å²) in [4.78, 5) is 31.3. The fraction of sp³-hybridized carbons (Fsp3) is 0.148.